The van der Waals surface area contributed by atoms with Crippen LogP contribution in [0.5, 0.6) is 0 Å². The SMILES string of the molecule is CCNCc1ccc(NC(=O)C(C)C(C)C)cc1. The van der Waals surface area contributed by atoms with Gasteiger partial charge in [-0.25, -0.2) is 0 Å². The lowest BCUT2D eigenvalue weighted by Crippen LogP contribution is -2.24. The van der Waals surface area contributed by atoms with Gasteiger partial charge >= 0.3 is 0 Å². The molecule has 1 aromatic rings. The highest BCUT2D eigenvalue weighted by Crippen LogP contribution is 2.14. The van der Waals surface area contributed by atoms with Crippen molar-refractivity contribution in [2.24, 2.45) is 11.8 Å². The minimum atomic E-state index is 0.0337. The van der Waals surface area contributed by atoms with Gasteiger partial charge in [0.25, 0.3) is 0 Å². The monoisotopic (exact) mass is 248 g/mol. The van der Waals surface area contributed by atoms with Crippen LogP contribution in [-0.2, 0) is 11.3 Å². The van der Waals surface area contributed by atoms with Crippen molar-refractivity contribution in [3.63, 3.8) is 0 Å². The van der Waals surface area contributed by atoms with Crippen molar-refractivity contribution >= 4 is 11.6 Å². The number of benzene rings is 1. The summed E-state index contributed by atoms with van der Waals surface area (Å²) in [5.41, 5.74) is 2.10. The fraction of sp³-hybridized carbons (Fsp3) is 0.533. The summed E-state index contributed by atoms with van der Waals surface area (Å²) in [6.45, 7) is 9.99. The fourth-order valence-corrected chi connectivity index (χ4v) is 1.53. The molecule has 0 saturated heterocycles. The maximum Gasteiger partial charge on any atom is 0.227 e. The molecule has 3 heteroatoms. The van der Waals surface area contributed by atoms with Crippen molar-refractivity contribution in [1.82, 2.24) is 5.32 Å². The van der Waals surface area contributed by atoms with Gasteiger partial charge in [-0.3, -0.25) is 4.79 Å². The van der Waals surface area contributed by atoms with E-state index in [-0.39, 0.29) is 11.8 Å². The van der Waals surface area contributed by atoms with Crippen LogP contribution in [0, 0.1) is 11.8 Å². The van der Waals surface area contributed by atoms with Crippen molar-refractivity contribution in [3.05, 3.63) is 29.8 Å². The topological polar surface area (TPSA) is 41.1 Å². The summed E-state index contributed by atoms with van der Waals surface area (Å²) in [5, 5.41) is 6.22. The Morgan fingerprint density at radius 3 is 2.28 bits per heavy atom. The largest absolute Gasteiger partial charge is 0.326 e. The van der Waals surface area contributed by atoms with Crippen LogP contribution in [0.4, 0.5) is 5.69 Å². The Morgan fingerprint density at radius 1 is 1.17 bits per heavy atom. The lowest BCUT2D eigenvalue weighted by atomic mass is 9.97. The molecule has 1 rings (SSSR count). The van der Waals surface area contributed by atoms with E-state index in [1.54, 1.807) is 0 Å². The maximum atomic E-state index is 11.9. The van der Waals surface area contributed by atoms with Crippen LogP contribution in [0.2, 0.25) is 0 Å². The first-order valence-corrected chi connectivity index (χ1v) is 6.65. The Balaban J connectivity index is 2.55. The summed E-state index contributed by atoms with van der Waals surface area (Å²) in [7, 11) is 0. The zero-order valence-corrected chi connectivity index (χ0v) is 11.8. The van der Waals surface area contributed by atoms with Gasteiger partial charge < -0.3 is 10.6 Å². The van der Waals surface area contributed by atoms with Gasteiger partial charge in [-0.1, -0.05) is 39.8 Å². The van der Waals surface area contributed by atoms with Gasteiger partial charge in [-0.05, 0) is 30.2 Å². The van der Waals surface area contributed by atoms with Gasteiger partial charge in [0.05, 0.1) is 0 Å². The number of hydrogen-bond acceptors (Lipinski definition) is 2. The molecule has 0 spiro atoms. The van der Waals surface area contributed by atoms with Gasteiger partial charge in [-0.2, -0.15) is 0 Å². The normalized spacial score (nSPS) is 12.5. The summed E-state index contributed by atoms with van der Waals surface area (Å²) in [6, 6.07) is 7.99. The van der Waals surface area contributed by atoms with Gasteiger partial charge in [-0.15, -0.1) is 0 Å². The minimum absolute atomic E-state index is 0.0337. The predicted octanol–water partition coefficient (Wildman–Crippen LogP) is 3.03. The van der Waals surface area contributed by atoms with E-state index in [0.717, 1.165) is 18.8 Å². The Labute approximate surface area is 110 Å². The zero-order valence-electron chi connectivity index (χ0n) is 11.8. The summed E-state index contributed by atoms with van der Waals surface area (Å²) in [6.07, 6.45) is 0. The molecule has 0 aliphatic heterocycles. The van der Waals surface area contributed by atoms with Gasteiger partial charge in [0.1, 0.15) is 0 Å². The average Bonchev–Trinajstić information content (AvgIpc) is 2.36. The van der Waals surface area contributed by atoms with Crippen molar-refractivity contribution in [2.75, 3.05) is 11.9 Å². The van der Waals surface area contributed by atoms with Gasteiger partial charge in [0.2, 0.25) is 5.91 Å². The molecular formula is C15H24N2O. The van der Waals surface area contributed by atoms with Crippen LogP contribution in [0.15, 0.2) is 24.3 Å². The van der Waals surface area contributed by atoms with E-state index in [2.05, 4.69) is 31.4 Å². The van der Waals surface area contributed by atoms with Gasteiger partial charge in [0, 0.05) is 18.2 Å². The molecular weight excluding hydrogens is 224 g/mol. The maximum absolute atomic E-state index is 11.9. The zero-order chi connectivity index (χ0) is 13.5. The molecule has 0 saturated carbocycles. The number of amides is 1. The lowest BCUT2D eigenvalue weighted by Gasteiger charge is -2.15. The molecule has 1 unspecified atom stereocenters. The molecule has 100 valence electrons. The third kappa shape index (κ3) is 4.49. The fourth-order valence-electron chi connectivity index (χ4n) is 1.53. The van der Waals surface area contributed by atoms with Crippen LogP contribution >= 0.6 is 0 Å². The third-order valence-corrected chi connectivity index (χ3v) is 3.21. The van der Waals surface area contributed by atoms with Crippen molar-refractivity contribution in [3.8, 4) is 0 Å². The van der Waals surface area contributed by atoms with Crippen LogP contribution < -0.4 is 10.6 Å². The summed E-state index contributed by atoms with van der Waals surface area (Å²) < 4.78 is 0. The van der Waals surface area contributed by atoms with E-state index >= 15 is 0 Å². The Hall–Kier alpha value is -1.35. The smallest absolute Gasteiger partial charge is 0.227 e. The second-order valence-electron chi connectivity index (χ2n) is 5.00. The van der Waals surface area contributed by atoms with Crippen molar-refractivity contribution in [2.45, 2.75) is 34.2 Å². The number of nitrogens with one attached hydrogen (secondary N) is 2. The summed E-state index contributed by atoms with van der Waals surface area (Å²) >= 11 is 0. The second-order valence-corrected chi connectivity index (χ2v) is 5.00. The van der Waals surface area contributed by atoms with Crippen LogP contribution in [0.1, 0.15) is 33.3 Å². The number of carbonyl (C=O) groups is 1. The third-order valence-electron chi connectivity index (χ3n) is 3.21. The van der Waals surface area contributed by atoms with E-state index in [9.17, 15) is 4.79 Å². The molecule has 2 N–H and O–H groups in total. The quantitative estimate of drug-likeness (QED) is 0.812. The second kappa shape index (κ2) is 7.17. The van der Waals surface area contributed by atoms with Crippen molar-refractivity contribution < 1.29 is 4.79 Å². The molecule has 1 aromatic carbocycles. The van der Waals surface area contributed by atoms with E-state index in [4.69, 9.17) is 0 Å². The lowest BCUT2D eigenvalue weighted by molar-refractivity contribution is -0.120. The molecule has 0 aromatic heterocycles. The molecule has 0 aliphatic rings. The first-order valence-electron chi connectivity index (χ1n) is 6.65. The Morgan fingerprint density at radius 2 is 1.78 bits per heavy atom. The summed E-state index contributed by atoms with van der Waals surface area (Å²) in [4.78, 5) is 11.9. The number of anilines is 1. The first-order chi connectivity index (χ1) is 8.54. The molecule has 0 aliphatic carbocycles. The van der Waals surface area contributed by atoms with E-state index in [1.165, 1.54) is 5.56 Å². The van der Waals surface area contributed by atoms with E-state index < -0.39 is 0 Å². The number of carbonyl (C=O) groups excluding carboxylic acids is 1. The Bertz CT molecular complexity index is 371. The Kier molecular flexibility index (Phi) is 5.86. The average molecular weight is 248 g/mol. The minimum Gasteiger partial charge on any atom is -0.326 e. The van der Waals surface area contributed by atoms with Crippen LogP contribution in [-0.4, -0.2) is 12.5 Å². The predicted molar refractivity (Wildman–Crippen MR) is 76.5 cm³/mol. The molecule has 1 amide bonds. The standard InChI is InChI=1S/C15H24N2O/c1-5-16-10-13-6-8-14(9-7-13)17-15(18)12(4)11(2)3/h6-9,11-12,16H,5,10H2,1-4H3,(H,17,18). The molecule has 1 atom stereocenters. The molecule has 0 bridgehead atoms. The van der Waals surface area contributed by atoms with E-state index in [1.807, 2.05) is 31.2 Å². The first kappa shape index (κ1) is 14.7. The number of hydrogen-bond donors (Lipinski definition) is 2. The van der Waals surface area contributed by atoms with Crippen LogP contribution in [0.25, 0.3) is 0 Å². The molecule has 3 nitrogen and oxygen atoms in total. The van der Waals surface area contributed by atoms with Crippen LogP contribution in [0.3, 0.4) is 0 Å². The molecule has 18 heavy (non-hydrogen) atoms. The summed E-state index contributed by atoms with van der Waals surface area (Å²) in [5.74, 6) is 0.480. The molecule has 0 fully saturated rings. The number of rotatable bonds is 6. The highest BCUT2D eigenvalue weighted by Gasteiger charge is 2.16. The highest BCUT2D eigenvalue weighted by atomic mass is 16.1. The highest BCUT2D eigenvalue weighted by molar-refractivity contribution is 5.92. The molecule has 0 heterocycles. The molecule has 0 radical (unpaired) electrons. The van der Waals surface area contributed by atoms with Crippen molar-refractivity contribution in [1.29, 1.82) is 0 Å². The van der Waals surface area contributed by atoms with E-state index in [0.29, 0.717) is 5.92 Å². The van der Waals surface area contributed by atoms with Gasteiger partial charge in [0.15, 0.2) is 0 Å².